The van der Waals surface area contributed by atoms with Crippen LogP contribution in [0.25, 0.3) is 0 Å². The highest BCUT2D eigenvalue weighted by Gasteiger charge is 2.20. The lowest BCUT2D eigenvalue weighted by atomic mass is 9.97. The first-order chi connectivity index (χ1) is 12.5. The van der Waals surface area contributed by atoms with E-state index in [4.69, 9.17) is 0 Å². The second-order valence-electron chi connectivity index (χ2n) is 6.56. The lowest BCUT2D eigenvalue weighted by molar-refractivity contribution is -0.114. The molecule has 0 spiro atoms. The highest BCUT2D eigenvalue weighted by molar-refractivity contribution is 8.00. The van der Waals surface area contributed by atoms with Gasteiger partial charge in [-0.15, -0.1) is 11.8 Å². The first kappa shape index (κ1) is 18.5. The molecule has 1 aromatic carbocycles. The van der Waals surface area contributed by atoms with E-state index >= 15 is 0 Å². The van der Waals surface area contributed by atoms with Crippen molar-refractivity contribution in [3.63, 3.8) is 0 Å². The third-order valence-corrected chi connectivity index (χ3v) is 5.31. The number of thioether (sulfide) groups is 1. The maximum absolute atomic E-state index is 12.2. The molecular formula is C19H24N4O2S. The van der Waals surface area contributed by atoms with Crippen LogP contribution in [-0.2, 0) is 29.5 Å². The summed E-state index contributed by atoms with van der Waals surface area (Å²) in [7, 11) is 1.86. The molecule has 0 saturated heterocycles. The van der Waals surface area contributed by atoms with E-state index in [0.29, 0.717) is 0 Å². The first-order valence-corrected chi connectivity index (χ1v) is 9.97. The molecule has 138 valence electrons. The summed E-state index contributed by atoms with van der Waals surface area (Å²) in [6, 6.07) is 7.64. The monoisotopic (exact) mass is 372 g/mol. The van der Waals surface area contributed by atoms with Crippen molar-refractivity contribution in [2.75, 3.05) is 22.1 Å². The normalized spacial score (nSPS) is 13.2. The molecule has 7 heteroatoms. The molecule has 0 saturated carbocycles. The third kappa shape index (κ3) is 4.66. The van der Waals surface area contributed by atoms with Gasteiger partial charge in [0.1, 0.15) is 5.82 Å². The van der Waals surface area contributed by atoms with Crippen LogP contribution in [0.4, 0.5) is 11.5 Å². The summed E-state index contributed by atoms with van der Waals surface area (Å²) in [4.78, 5) is 24.2. The number of rotatable bonds is 6. The van der Waals surface area contributed by atoms with Gasteiger partial charge in [0, 0.05) is 18.3 Å². The van der Waals surface area contributed by atoms with Crippen LogP contribution in [0, 0.1) is 6.92 Å². The Balaban J connectivity index is 1.45. The first-order valence-electron chi connectivity index (χ1n) is 8.82. The molecule has 6 nitrogen and oxygen atoms in total. The number of carbonyl (C=O) groups is 2. The summed E-state index contributed by atoms with van der Waals surface area (Å²) < 4.78 is 1.75. The maximum Gasteiger partial charge on any atom is 0.235 e. The number of hydrogen-bond acceptors (Lipinski definition) is 4. The van der Waals surface area contributed by atoms with Gasteiger partial charge in [-0.3, -0.25) is 14.3 Å². The van der Waals surface area contributed by atoms with E-state index in [1.807, 2.05) is 38.2 Å². The Hall–Kier alpha value is -2.28. The number of hydrogen-bond donors (Lipinski definition) is 2. The van der Waals surface area contributed by atoms with Crippen LogP contribution in [-0.4, -0.2) is 33.1 Å². The Bertz CT molecular complexity index is 799. The van der Waals surface area contributed by atoms with Crippen LogP contribution in [0.2, 0.25) is 0 Å². The predicted octanol–water partition coefficient (Wildman–Crippen LogP) is 2.92. The smallest absolute Gasteiger partial charge is 0.235 e. The number of nitrogens with one attached hydrogen (secondary N) is 2. The van der Waals surface area contributed by atoms with Crippen LogP contribution in [0.3, 0.4) is 0 Å². The minimum Gasteiger partial charge on any atom is -0.325 e. The molecule has 1 aromatic heterocycles. The highest BCUT2D eigenvalue weighted by atomic mass is 32.2. The van der Waals surface area contributed by atoms with Gasteiger partial charge in [0.05, 0.1) is 17.2 Å². The fourth-order valence-corrected chi connectivity index (χ4v) is 3.69. The van der Waals surface area contributed by atoms with E-state index in [2.05, 4.69) is 15.7 Å². The predicted molar refractivity (Wildman–Crippen MR) is 106 cm³/mol. The number of carbonyl (C=O) groups excluding carboxylic acids is 2. The molecule has 2 aromatic rings. The van der Waals surface area contributed by atoms with Gasteiger partial charge in [-0.05, 0) is 44.7 Å². The van der Waals surface area contributed by atoms with Crippen molar-refractivity contribution in [3.8, 4) is 0 Å². The summed E-state index contributed by atoms with van der Waals surface area (Å²) in [5.74, 6) is 1.07. The van der Waals surface area contributed by atoms with Crippen molar-refractivity contribution in [2.24, 2.45) is 7.05 Å². The quantitative estimate of drug-likeness (QED) is 0.817. The number of nitrogens with zero attached hydrogens (tertiary/aromatic N) is 2. The fourth-order valence-electron chi connectivity index (χ4n) is 3.08. The summed E-state index contributed by atoms with van der Waals surface area (Å²) in [6.45, 7) is 2.00. The van der Waals surface area contributed by atoms with E-state index in [0.717, 1.165) is 54.0 Å². The number of fused-ring (bicyclic) bond motifs is 1. The molecule has 2 N–H and O–H groups in total. The molecular weight excluding hydrogens is 348 g/mol. The molecule has 1 aliphatic carbocycles. The Labute approximate surface area is 157 Å². The van der Waals surface area contributed by atoms with Gasteiger partial charge in [-0.25, -0.2) is 0 Å². The zero-order valence-electron chi connectivity index (χ0n) is 15.2. The van der Waals surface area contributed by atoms with E-state index in [1.54, 1.807) is 4.68 Å². The SMILES string of the molecule is Cc1ccc(NC(=O)CSCC(=O)Nc2c3c(nn2C)CCCC3)cc1. The van der Waals surface area contributed by atoms with Gasteiger partial charge in [-0.2, -0.15) is 5.10 Å². The summed E-state index contributed by atoms with van der Waals surface area (Å²) in [5, 5.41) is 10.3. The minimum atomic E-state index is -0.107. The average Bonchev–Trinajstić information content (AvgIpc) is 2.93. The topological polar surface area (TPSA) is 76.0 Å². The summed E-state index contributed by atoms with van der Waals surface area (Å²) >= 11 is 1.30. The molecule has 1 heterocycles. The zero-order valence-corrected chi connectivity index (χ0v) is 16.0. The molecule has 0 bridgehead atoms. The van der Waals surface area contributed by atoms with E-state index in [9.17, 15) is 9.59 Å². The Kier molecular flexibility index (Phi) is 5.98. The van der Waals surface area contributed by atoms with Crippen LogP contribution in [0.15, 0.2) is 24.3 Å². The molecule has 3 rings (SSSR count). The van der Waals surface area contributed by atoms with Crippen LogP contribution < -0.4 is 10.6 Å². The average molecular weight is 372 g/mol. The largest absolute Gasteiger partial charge is 0.325 e. The lowest BCUT2D eigenvalue weighted by Gasteiger charge is -2.12. The Morgan fingerprint density at radius 3 is 2.46 bits per heavy atom. The number of amides is 2. The van der Waals surface area contributed by atoms with Gasteiger partial charge in [0.25, 0.3) is 0 Å². The molecule has 1 aliphatic rings. The molecule has 0 aliphatic heterocycles. The summed E-state index contributed by atoms with van der Waals surface area (Å²) in [5.41, 5.74) is 4.17. The van der Waals surface area contributed by atoms with E-state index < -0.39 is 0 Å². The van der Waals surface area contributed by atoms with Gasteiger partial charge >= 0.3 is 0 Å². The van der Waals surface area contributed by atoms with Crippen molar-refractivity contribution < 1.29 is 9.59 Å². The Morgan fingerprint density at radius 1 is 1.08 bits per heavy atom. The summed E-state index contributed by atoms with van der Waals surface area (Å²) in [6.07, 6.45) is 4.23. The van der Waals surface area contributed by atoms with Gasteiger partial charge in [-0.1, -0.05) is 17.7 Å². The van der Waals surface area contributed by atoms with Crippen LogP contribution in [0.1, 0.15) is 29.7 Å². The van der Waals surface area contributed by atoms with Crippen molar-refractivity contribution in [1.29, 1.82) is 0 Å². The molecule has 0 radical (unpaired) electrons. The maximum atomic E-state index is 12.2. The van der Waals surface area contributed by atoms with Gasteiger partial charge in [0.2, 0.25) is 11.8 Å². The van der Waals surface area contributed by atoms with Crippen molar-refractivity contribution in [3.05, 3.63) is 41.1 Å². The van der Waals surface area contributed by atoms with E-state index in [-0.39, 0.29) is 23.3 Å². The van der Waals surface area contributed by atoms with Gasteiger partial charge < -0.3 is 10.6 Å². The standard InChI is InChI=1S/C19H24N4O2S/c1-13-7-9-14(10-8-13)20-17(24)11-26-12-18(25)21-19-15-5-3-4-6-16(15)22-23(19)2/h7-10H,3-6,11-12H2,1-2H3,(H,20,24)(H,21,25). The molecule has 26 heavy (non-hydrogen) atoms. The van der Waals surface area contributed by atoms with Gasteiger partial charge in [0.15, 0.2) is 0 Å². The van der Waals surface area contributed by atoms with Crippen molar-refractivity contribution in [2.45, 2.75) is 32.6 Å². The number of benzene rings is 1. The van der Waals surface area contributed by atoms with Crippen molar-refractivity contribution in [1.82, 2.24) is 9.78 Å². The second-order valence-corrected chi connectivity index (χ2v) is 7.55. The molecule has 0 unspecified atom stereocenters. The number of anilines is 2. The molecule has 0 atom stereocenters. The van der Waals surface area contributed by atoms with Crippen molar-refractivity contribution >= 4 is 35.1 Å². The third-order valence-electron chi connectivity index (χ3n) is 4.38. The number of aromatic nitrogens is 2. The molecule has 2 amide bonds. The lowest BCUT2D eigenvalue weighted by Crippen LogP contribution is -2.20. The Morgan fingerprint density at radius 2 is 1.73 bits per heavy atom. The van der Waals surface area contributed by atoms with Crippen LogP contribution in [0.5, 0.6) is 0 Å². The second kappa shape index (κ2) is 8.40. The number of aryl methyl sites for hydroxylation is 3. The highest BCUT2D eigenvalue weighted by Crippen LogP contribution is 2.27. The van der Waals surface area contributed by atoms with Crippen LogP contribution >= 0.6 is 11.8 Å². The zero-order chi connectivity index (χ0) is 18.5. The van der Waals surface area contributed by atoms with E-state index in [1.165, 1.54) is 11.8 Å². The fraction of sp³-hybridized carbons (Fsp3) is 0.421. The minimum absolute atomic E-state index is 0.102. The molecule has 0 fully saturated rings.